The highest BCUT2D eigenvalue weighted by Gasteiger charge is 2.27. The number of hydrogen-bond donors (Lipinski definition) is 1. The van der Waals surface area contributed by atoms with Gasteiger partial charge >= 0.3 is 0 Å². The van der Waals surface area contributed by atoms with Gasteiger partial charge in [0.1, 0.15) is 0 Å². The molecule has 2 heterocycles. The molecule has 0 aromatic rings. The molecule has 3 unspecified atom stereocenters. The van der Waals surface area contributed by atoms with Crippen LogP contribution in [0.4, 0.5) is 0 Å². The molecule has 112 valence electrons. The van der Waals surface area contributed by atoms with Crippen molar-refractivity contribution in [1.82, 2.24) is 15.1 Å². The van der Waals surface area contributed by atoms with Crippen molar-refractivity contribution >= 4 is 0 Å². The second-order valence-corrected chi connectivity index (χ2v) is 6.78. The zero-order valence-corrected chi connectivity index (χ0v) is 13.4. The third-order valence-electron chi connectivity index (χ3n) is 5.49. The molecule has 2 aliphatic heterocycles. The lowest BCUT2D eigenvalue weighted by Gasteiger charge is -2.40. The summed E-state index contributed by atoms with van der Waals surface area (Å²) in [6, 6.07) is 2.17. The van der Waals surface area contributed by atoms with Crippen molar-refractivity contribution in [3.63, 3.8) is 0 Å². The average Bonchev–Trinajstić information content (AvgIpc) is 2.43. The third-order valence-corrected chi connectivity index (χ3v) is 5.49. The minimum atomic E-state index is 0.694. The maximum absolute atomic E-state index is 3.93. The molecule has 2 fully saturated rings. The molecule has 0 amide bonds. The molecule has 0 radical (unpaired) electrons. The zero-order valence-electron chi connectivity index (χ0n) is 13.4. The molecule has 2 saturated heterocycles. The second kappa shape index (κ2) is 7.05. The Labute approximate surface area is 119 Å². The summed E-state index contributed by atoms with van der Waals surface area (Å²) in [6.07, 6.45) is 5.39. The topological polar surface area (TPSA) is 18.5 Å². The van der Waals surface area contributed by atoms with E-state index in [0.29, 0.717) is 6.04 Å². The smallest absolute Gasteiger partial charge is 0.00966 e. The first-order chi connectivity index (χ1) is 9.10. The summed E-state index contributed by atoms with van der Waals surface area (Å²) in [5.41, 5.74) is 0. The molecule has 0 aromatic heterocycles. The van der Waals surface area contributed by atoms with E-state index in [1.54, 1.807) is 0 Å². The molecule has 0 bridgehead atoms. The van der Waals surface area contributed by atoms with E-state index in [2.05, 4.69) is 42.9 Å². The van der Waals surface area contributed by atoms with Gasteiger partial charge in [-0.25, -0.2) is 0 Å². The van der Waals surface area contributed by atoms with Gasteiger partial charge < -0.3 is 15.1 Å². The van der Waals surface area contributed by atoms with E-state index in [-0.39, 0.29) is 0 Å². The molecule has 3 heteroatoms. The van der Waals surface area contributed by atoms with Crippen LogP contribution in [0, 0.1) is 5.92 Å². The van der Waals surface area contributed by atoms with E-state index in [9.17, 15) is 0 Å². The monoisotopic (exact) mass is 267 g/mol. The normalized spacial score (nSPS) is 33.5. The standard InChI is InChI=1S/C16H33N3/c1-5-19-10-6-15(7-11-19)14(3)17-16-8-9-18(4)13(2)12-16/h13-17H,5-12H2,1-4H3. The Balaban J connectivity index is 1.74. The summed E-state index contributed by atoms with van der Waals surface area (Å²) < 4.78 is 0. The third kappa shape index (κ3) is 4.17. The lowest BCUT2D eigenvalue weighted by molar-refractivity contribution is 0.134. The van der Waals surface area contributed by atoms with Gasteiger partial charge in [0.2, 0.25) is 0 Å². The summed E-state index contributed by atoms with van der Waals surface area (Å²) in [4.78, 5) is 5.07. The van der Waals surface area contributed by atoms with Crippen molar-refractivity contribution in [1.29, 1.82) is 0 Å². The van der Waals surface area contributed by atoms with Crippen molar-refractivity contribution in [3.05, 3.63) is 0 Å². The first kappa shape index (κ1) is 15.3. The fraction of sp³-hybridized carbons (Fsp3) is 1.00. The number of piperidine rings is 2. The zero-order chi connectivity index (χ0) is 13.8. The van der Waals surface area contributed by atoms with Gasteiger partial charge in [-0.05, 0) is 78.7 Å². The highest BCUT2D eigenvalue weighted by molar-refractivity contribution is 4.86. The van der Waals surface area contributed by atoms with Crippen LogP contribution in [-0.4, -0.2) is 61.2 Å². The van der Waals surface area contributed by atoms with Crippen molar-refractivity contribution in [2.45, 2.75) is 64.6 Å². The minimum Gasteiger partial charge on any atom is -0.311 e. The first-order valence-electron chi connectivity index (χ1n) is 8.28. The van der Waals surface area contributed by atoms with Gasteiger partial charge in [0, 0.05) is 18.1 Å². The van der Waals surface area contributed by atoms with Crippen LogP contribution in [0.3, 0.4) is 0 Å². The molecule has 3 nitrogen and oxygen atoms in total. The van der Waals surface area contributed by atoms with Crippen LogP contribution in [0.1, 0.15) is 46.5 Å². The van der Waals surface area contributed by atoms with Gasteiger partial charge in [-0.1, -0.05) is 6.92 Å². The fourth-order valence-electron chi connectivity index (χ4n) is 3.72. The SMILES string of the molecule is CCN1CCC(C(C)NC2CCN(C)C(C)C2)CC1. The van der Waals surface area contributed by atoms with Crippen LogP contribution in [-0.2, 0) is 0 Å². The molecular weight excluding hydrogens is 234 g/mol. The maximum atomic E-state index is 3.93. The van der Waals surface area contributed by atoms with Gasteiger partial charge in [0.25, 0.3) is 0 Å². The maximum Gasteiger partial charge on any atom is 0.00966 e. The van der Waals surface area contributed by atoms with E-state index >= 15 is 0 Å². The Hall–Kier alpha value is -0.120. The van der Waals surface area contributed by atoms with E-state index in [4.69, 9.17) is 0 Å². The van der Waals surface area contributed by atoms with Crippen LogP contribution in [0.25, 0.3) is 0 Å². The van der Waals surface area contributed by atoms with Crippen molar-refractivity contribution < 1.29 is 0 Å². The molecule has 0 spiro atoms. The fourth-order valence-corrected chi connectivity index (χ4v) is 3.72. The Morgan fingerprint density at radius 3 is 2.42 bits per heavy atom. The highest BCUT2D eigenvalue weighted by atomic mass is 15.2. The van der Waals surface area contributed by atoms with Gasteiger partial charge in [-0.3, -0.25) is 0 Å². The Bertz CT molecular complexity index is 261. The summed E-state index contributed by atoms with van der Waals surface area (Å²) in [5.74, 6) is 0.887. The van der Waals surface area contributed by atoms with Gasteiger partial charge in [-0.2, -0.15) is 0 Å². The number of nitrogens with one attached hydrogen (secondary N) is 1. The quantitative estimate of drug-likeness (QED) is 0.842. The molecule has 0 saturated carbocycles. The summed E-state index contributed by atoms with van der Waals surface area (Å²) in [5, 5.41) is 3.93. The number of rotatable bonds is 4. The van der Waals surface area contributed by atoms with E-state index < -0.39 is 0 Å². The largest absolute Gasteiger partial charge is 0.311 e. The first-order valence-corrected chi connectivity index (χ1v) is 8.28. The number of hydrogen-bond acceptors (Lipinski definition) is 3. The van der Waals surface area contributed by atoms with Crippen LogP contribution in [0.15, 0.2) is 0 Å². The molecule has 3 atom stereocenters. The van der Waals surface area contributed by atoms with Crippen molar-refractivity contribution in [2.24, 2.45) is 5.92 Å². The molecule has 2 aliphatic rings. The number of nitrogens with zero attached hydrogens (tertiary/aromatic N) is 2. The van der Waals surface area contributed by atoms with E-state index in [1.807, 2.05) is 0 Å². The summed E-state index contributed by atoms with van der Waals surface area (Å²) in [6.45, 7) is 12.1. The predicted octanol–water partition coefficient (Wildman–Crippen LogP) is 2.18. The molecule has 1 N–H and O–H groups in total. The molecule has 19 heavy (non-hydrogen) atoms. The molecule has 2 rings (SSSR count). The van der Waals surface area contributed by atoms with E-state index in [0.717, 1.165) is 18.0 Å². The van der Waals surface area contributed by atoms with Gasteiger partial charge in [0.05, 0.1) is 0 Å². The second-order valence-electron chi connectivity index (χ2n) is 6.78. The number of likely N-dealkylation sites (tertiary alicyclic amines) is 2. The molecule has 0 aliphatic carbocycles. The van der Waals surface area contributed by atoms with E-state index in [1.165, 1.54) is 51.9 Å². The van der Waals surface area contributed by atoms with Crippen molar-refractivity contribution in [3.8, 4) is 0 Å². The molecule has 0 aromatic carbocycles. The lowest BCUT2D eigenvalue weighted by atomic mass is 9.88. The Morgan fingerprint density at radius 1 is 1.16 bits per heavy atom. The van der Waals surface area contributed by atoms with Gasteiger partial charge in [-0.15, -0.1) is 0 Å². The van der Waals surface area contributed by atoms with Crippen LogP contribution in [0.5, 0.6) is 0 Å². The summed E-state index contributed by atoms with van der Waals surface area (Å²) in [7, 11) is 2.25. The van der Waals surface area contributed by atoms with Crippen LogP contribution >= 0.6 is 0 Å². The molecular formula is C16H33N3. The highest BCUT2D eigenvalue weighted by Crippen LogP contribution is 2.23. The van der Waals surface area contributed by atoms with Crippen LogP contribution in [0.2, 0.25) is 0 Å². The predicted molar refractivity (Wildman–Crippen MR) is 82.5 cm³/mol. The average molecular weight is 267 g/mol. The van der Waals surface area contributed by atoms with Crippen molar-refractivity contribution in [2.75, 3.05) is 33.2 Å². The minimum absolute atomic E-state index is 0.694. The Morgan fingerprint density at radius 2 is 1.84 bits per heavy atom. The van der Waals surface area contributed by atoms with Crippen LogP contribution < -0.4 is 5.32 Å². The summed E-state index contributed by atoms with van der Waals surface area (Å²) >= 11 is 0. The lowest BCUT2D eigenvalue weighted by Crippen LogP contribution is -2.50. The van der Waals surface area contributed by atoms with Gasteiger partial charge in [0.15, 0.2) is 0 Å². The Kier molecular flexibility index (Phi) is 5.67.